The summed E-state index contributed by atoms with van der Waals surface area (Å²) in [6.07, 6.45) is 8.86. The minimum absolute atomic E-state index is 0.194. The molecular weight excluding hydrogens is 354 g/mol. The molecule has 0 spiro atoms. The lowest BCUT2D eigenvalue weighted by Crippen LogP contribution is -2.06. The van der Waals surface area contributed by atoms with Crippen molar-refractivity contribution in [3.63, 3.8) is 0 Å². The van der Waals surface area contributed by atoms with E-state index in [0.717, 1.165) is 48.6 Å². The molecular formula is C23H31NO4. The van der Waals surface area contributed by atoms with Crippen LogP contribution in [-0.4, -0.2) is 29.8 Å². The summed E-state index contributed by atoms with van der Waals surface area (Å²) < 4.78 is 10.5. The number of para-hydroxylation sites is 1. The maximum absolute atomic E-state index is 11.1. The number of methoxy groups -OCH3 is 1. The monoisotopic (exact) mass is 385 g/mol. The number of aliphatic hydroxyl groups excluding tert-OH is 1. The summed E-state index contributed by atoms with van der Waals surface area (Å²) in [6, 6.07) is 9.81. The van der Waals surface area contributed by atoms with Gasteiger partial charge in [0, 0.05) is 17.4 Å². The lowest BCUT2D eigenvalue weighted by molar-refractivity contribution is -0.140. The second-order valence-corrected chi connectivity index (χ2v) is 6.82. The van der Waals surface area contributed by atoms with Crippen LogP contribution in [0.25, 0.3) is 10.9 Å². The molecule has 1 heterocycles. The number of pyridine rings is 1. The quantitative estimate of drug-likeness (QED) is 0.312. The van der Waals surface area contributed by atoms with Crippen LogP contribution >= 0.6 is 0 Å². The number of carbonyl (C=O) groups is 1. The van der Waals surface area contributed by atoms with E-state index in [9.17, 15) is 9.90 Å². The molecule has 0 radical (unpaired) electrons. The van der Waals surface area contributed by atoms with Crippen molar-refractivity contribution in [3.05, 3.63) is 48.0 Å². The van der Waals surface area contributed by atoms with E-state index < -0.39 is 6.10 Å². The van der Waals surface area contributed by atoms with Crippen molar-refractivity contribution in [1.82, 2.24) is 4.98 Å². The topological polar surface area (TPSA) is 68.7 Å². The van der Waals surface area contributed by atoms with Crippen molar-refractivity contribution in [2.75, 3.05) is 13.7 Å². The third kappa shape index (κ3) is 6.97. The van der Waals surface area contributed by atoms with Crippen molar-refractivity contribution in [2.45, 2.75) is 58.0 Å². The van der Waals surface area contributed by atoms with Gasteiger partial charge in [0.05, 0.1) is 25.3 Å². The molecule has 2 rings (SSSR count). The number of hydrogen-bond acceptors (Lipinski definition) is 5. The number of ether oxygens (including phenoxy) is 2. The van der Waals surface area contributed by atoms with Crippen LogP contribution in [0.5, 0.6) is 5.88 Å². The van der Waals surface area contributed by atoms with Gasteiger partial charge in [-0.3, -0.25) is 4.79 Å². The number of unbranched alkanes of at least 4 members (excludes halogenated alkanes) is 3. The molecule has 1 aromatic heterocycles. The van der Waals surface area contributed by atoms with Gasteiger partial charge in [-0.2, -0.15) is 0 Å². The fourth-order valence-electron chi connectivity index (χ4n) is 2.93. The zero-order valence-electron chi connectivity index (χ0n) is 16.9. The van der Waals surface area contributed by atoms with Crippen LogP contribution in [0.15, 0.2) is 42.5 Å². The van der Waals surface area contributed by atoms with Gasteiger partial charge in [0.25, 0.3) is 0 Å². The van der Waals surface area contributed by atoms with Gasteiger partial charge in [-0.25, -0.2) is 4.98 Å². The molecule has 5 heteroatoms. The molecule has 5 nitrogen and oxygen atoms in total. The first-order valence-corrected chi connectivity index (χ1v) is 10.1. The molecule has 1 atom stereocenters. The van der Waals surface area contributed by atoms with E-state index >= 15 is 0 Å². The van der Waals surface area contributed by atoms with Gasteiger partial charge in [-0.05, 0) is 37.8 Å². The van der Waals surface area contributed by atoms with Crippen LogP contribution in [0.3, 0.4) is 0 Å². The smallest absolute Gasteiger partial charge is 0.305 e. The van der Waals surface area contributed by atoms with Gasteiger partial charge in [0.15, 0.2) is 0 Å². The lowest BCUT2D eigenvalue weighted by Gasteiger charge is -2.15. The molecule has 1 aromatic carbocycles. The van der Waals surface area contributed by atoms with E-state index in [1.54, 1.807) is 0 Å². The van der Waals surface area contributed by atoms with Gasteiger partial charge in [-0.15, -0.1) is 0 Å². The Morgan fingerprint density at radius 2 is 2.04 bits per heavy atom. The number of carbonyl (C=O) groups excluding carboxylic acids is 1. The highest BCUT2D eigenvalue weighted by molar-refractivity contribution is 5.80. The van der Waals surface area contributed by atoms with E-state index in [4.69, 9.17) is 4.74 Å². The molecule has 0 saturated carbocycles. The molecule has 28 heavy (non-hydrogen) atoms. The molecule has 1 N–H and O–H groups in total. The zero-order chi connectivity index (χ0) is 20.2. The molecule has 1 unspecified atom stereocenters. The molecule has 0 fully saturated rings. The number of aromatic nitrogens is 1. The first-order valence-electron chi connectivity index (χ1n) is 10.1. The van der Waals surface area contributed by atoms with E-state index in [1.165, 1.54) is 7.11 Å². The molecule has 0 amide bonds. The van der Waals surface area contributed by atoms with Crippen molar-refractivity contribution in [2.24, 2.45) is 0 Å². The summed E-state index contributed by atoms with van der Waals surface area (Å²) in [5.74, 6) is 0.321. The molecule has 0 aliphatic rings. The first-order chi connectivity index (χ1) is 13.7. The number of rotatable bonds is 12. The SMILES string of the molecule is CCCCCOc1nc2ccccc2cc1C(O)C/C=C/CCCC(=O)OC. The van der Waals surface area contributed by atoms with Gasteiger partial charge < -0.3 is 14.6 Å². The number of allylic oxidation sites excluding steroid dienone is 1. The van der Waals surface area contributed by atoms with Gasteiger partial charge >= 0.3 is 5.97 Å². The minimum Gasteiger partial charge on any atom is -0.477 e. The number of hydrogen-bond donors (Lipinski definition) is 1. The average Bonchev–Trinajstić information content (AvgIpc) is 2.72. The predicted molar refractivity (Wildman–Crippen MR) is 111 cm³/mol. The number of esters is 1. The maximum atomic E-state index is 11.1. The molecule has 0 bridgehead atoms. The van der Waals surface area contributed by atoms with E-state index in [1.807, 2.05) is 42.5 Å². The summed E-state index contributed by atoms with van der Waals surface area (Å²) in [7, 11) is 1.40. The van der Waals surface area contributed by atoms with Crippen molar-refractivity contribution in [1.29, 1.82) is 0 Å². The van der Waals surface area contributed by atoms with Gasteiger partial charge in [0.1, 0.15) is 0 Å². The molecule has 0 aliphatic carbocycles. The third-order valence-electron chi connectivity index (χ3n) is 4.57. The molecule has 0 aliphatic heterocycles. The maximum Gasteiger partial charge on any atom is 0.305 e. The molecule has 2 aromatic rings. The second-order valence-electron chi connectivity index (χ2n) is 6.82. The highest BCUT2D eigenvalue weighted by atomic mass is 16.5. The Morgan fingerprint density at radius 1 is 1.21 bits per heavy atom. The second kappa shape index (κ2) is 12.1. The fourth-order valence-corrected chi connectivity index (χ4v) is 2.93. The molecule has 152 valence electrons. The normalized spacial score (nSPS) is 12.4. The van der Waals surface area contributed by atoms with Gasteiger partial charge in [-0.1, -0.05) is 50.1 Å². The standard InChI is InChI=1S/C23H31NO4/c1-3-4-11-16-28-23-19(17-18-12-9-10-13-20(18)24-23)21(25)14-7-5-6-8-15-22(26)27-2/h5,7,9-10,12-13,17,21,25H,3-4,6,8,11,14-16H2,1-2H3/b7-5+. The Hall–Kier alpha value is -2.40. The minimum atomic E-state index is -0.685. The number of benzene rings is 1. The van der Waals surface area contributed by atoms with Gasteiger partial charge in [0.2, 0.25) is 5.88 Å². The first kappa shape index (κ1) is 21.9. The van der Waals surface area contributed by atoms with Crippen molar-refractivity contribution >= 4 is 16.9 Å². The number of nitrogens with zero attached hydrogens (tertiary/aromatic N) is 1. The van der Waals surface area contributed by atoms with Crippen LogP contribution in [0.1, 0.15) is 63.5 Å². The Bertz CT molecular complexity index is 772. The van der Waals surface area contributed by atoms with Crippen molar-refractivity contribution < 1.29 is 19.4 Å². The number of fused-ring (bicyclic) bond motifs is 1. The van der Waals surface area contributed by atoms with E-state index in [2.05, 4.69) is 16.6 Å². The lowest BCUT2D eigenvalue weighted by atomic mass is 10.0. The van der Waals surface area contributed by atoms with E-state index in [0.29, 0.717) is 25.3 Å². The highest BCUT2D eigenvalue weighted by Crippen LogP contribution is 2.30. The van der Waals surface area contributed by atoms with Crippen molar-refractivity contribution in [3.8, 4) is 5.88 Å². The highest BCUT2D eigenvalue weighted by Gasteiger charge is 2.15. The Kier molecular flexibility index (Phi) is 9.49. The van der Waals surface area contributed by atoms with Crippen LogP contribution in [0.2, 0.25) is 0 Å². The van der Waals surface area contributed by atoms with Crippen LogP contribution in [0, 0.1) is 0 Å². The predicted octanol–water partition coefficient (Wildman–Crippen LogP) is 5.13. The third-order valence-corrected chi connectivity index (χ3v) is 4.57. The fraction of sp³-hybridized carbons (Fsp3) is 0.478. The van der Waals surface area contributed by atoms with Crippen LogP contribution < -0.4 is 4.74 Å². The Balaban J connectivity index is 2.01. The summed E-state index contributed by atoms with van der Waals surface area (Å²) in [5, 5.41) is 11.7. The molecule has 0 saturated heterocycles. The summed E-state index contributed by atoms with van der Waals surface area (Å²) >= 11 is 0. The summed E-state index contributed by atoms with van der Waals surface area (Å²) in [5.41, 5.74) is 1.58. The van der Waals surface area contributed by atoms with Crippen LogP contribution in [-0.2, 0) is 9.53 Å². The zero-order valence-corrected chi connectivity index (χ0v) is 16.9. The Labute approximate surface area is 167 Å². The summed E-state index contributed by atoms with van der Waals surface area (Å²) in [4.78, 5) is 15.7. The van der Waals surface area contributed by atoms with E-state index in [-0.39, 0.29) is 5.97 Å². The summed E-state index contributed by atoms with van der Waals surface area (Å²) in [6.45, 7) is 2.75. The Morgan fingerprint density at radius 3 is 2.82 bits per heavy atom. The van der Waals surface area contributed by atoms with Crippen LogP contribution in [0.4, 0.5) is 0 Å². The average molecular weight is 386 g/mol. The number of aliphatic hydroxyl groups is 1. The largest absolute Gasteiger partial charge is 0.477 e.